The van der Waals surface area contributed by atoms with Crippen LogP contribution in [0.3, 0.4) is 0 Å². The van der Waals surface area contributed by atoms with E-state index in [1.807, 2.05) is 6.07 Å². The van der Waals surface area contributed by atoms with E-state index in [-0.39, 0.29) is 0 Å². The molecule has 0 bridgehead atoms. The molecule has 3 nitrogen and oxygen atoms in total. The van der Waals surface area contributed by atoms with Gasteiger partial charge in [-0.25, -0.2) is 9.97 Å². The van der Waals surface area contributed by atoms with E-state index >= 15 is 0 Å². The maximum absolute atomic E-state index is 5.81. The normalized spacial score (nSPS) is 10.6. The number of hydrogen-bond donors (Lipinski definition) is 1. The van der Waals surface area contributed by atoms with Crippen molar-refractivity contribution < 1.29 is 0 Å². The van der Waals surface area contributed by atoms with E-state index in [1.165, 1.54) is 0 Å². The van der Waals surface area contributed by atoms with Crippen LogP contribution in [0, 0.1) is 0 Å². The highest BCUT2D eigenvalue weighted by atomic mass is 35.5. The third kappa shape index (κ3) is 3.50. The zero-order valence-corrected chi connectivity index (χ0v) is 9.60. The van der Waals surface area contributed by atoms with Gasteiger partial charge in [0.1, 0.15) is 5.82 Å². The van der Waals surface area contributed by atoms with Crippen molar-refractivity contribution in [1.29, 1.82) is 0 Å². The Morgan fingerprint density at radius 1 is 1.43 bits per heavy atom. The second-order valence-corrected chi connectivity index (χ2v) is 3.90. The van der Waals surface area contributed by atoms with Gasteiger partial charge in [0.05, 0.1) is 0 Å². The highest BCUT2D eigenvalue weighted by Crippen LogP contribution is 2.12. The quantitative estimate of drug-likeness (QED) is 0.782. The Kier molecular flexibility index (Phi) is 4.14. The monoisotopic (exact) mass is 213 g/mol. The van der Waals surface area contributed by atoms with E-state index in [0.717, 1.165) is 24.4 Å². The molecule has 0 saturated heterocycles. The number of halogens is 1. The lowest BCUT2D eigenvalue weighted by atomic mass is 10.2. The highest BCUT2D eigenvalue weighted by molar-refractivity contribution is 6.28. The number of rotatable bonds is 4. The third-order valence-corrected chi connectivity index (χ3v) is 1.86. The molecule has 0 unspecified atom stereocenters. The van der Waals surface area contributed by atoms with Gasteiger partial charge in [-0.05, 0) is 31.9 Å². The molecule has 0 saturated carbocycles. The predicted molar refractivity (Wildman–Crippen MR) is 59.8 cm³/mol. The molecule has 78 valence electrons. The van der Waals surface area contributed by atoms with Crippen molar-refractivity contribution in [2.45, 2.75) is 39.7 Å². The van der Waals surface area contributed by atoms with Crippen molar-refractivity contribution in [3.8, 4) is 0 Å². The minimum atomic E-state index is 0.319. The Morgan fingerprint density at radius 2 is 2.14 bits per heavy atom. The molecule has 1 aromatic rings. The molecule has 0 radical (unpaired) electrons. The topological polar surface area (TPSA) is 37.8 Å². The van der Waals surface area contributed by atoms with Crippen molar-refractivity contribution in [2.24, 2.45) is 0 Å². The van der Waals surface area contributed by atoms with Crippen LogP contribution in [-0.4, -0.2) is 16.0 Å². The molecular formula is C10H16ClN3. The molecule has 0 aliphatic carbocycles. The summed E-state index contributed by atoms with van der Waals surface area (Å²) in [7, 11) is 0. The fourth-order valence-electron chi connectivity index (χ4n) is 1.22. The molecular weight excluding hydrogens is 198 g/mol. The van der Waals surface area contributed by atoms with Gasteiger partial charge >= 0.3 is 0 Å². The fraction of sp³-hybridized carbons (Fsp3) is 0.600. The van der Waals surface area contributed by atoms with E-state index in [9.17, 15) is 0 Å². The molecule has 1 rings (SSSR count). The summed E-state index contributed by atoms with van der Waals surface area (Å²) < 4.78 is 0. The van der Waals surface area contributed by atoms with Crippen molar-refractivity contribution in [1.82, 2.24) is 9.97 Å². The van der Waals surface area contributed by atoms with Gasteiger partial charge in [0.25, 0.3) is 0 Å². The van der Waals surface area contributed by atoms with Crippen molar-refractivity contribution in [3.63, 3.8) is 0 Å². The smallest absolute Gasteiger partial charge is 0.224 e. The first-order chi connectivity index (χ1) is 6.61. The SMILES string of the molecule is CCCc1cc(NC(C)C)nc(Cl)n1. The van der Waals surface area contributed by atoms with E-state index < -0.39 is 0 Å². The first kappa shape index (κ1) is 11.2. The van der Waals surface area contributed by atoms with Crippen molar-refractivity contribution in [2.75, 3.05) is 5.32 Å². The molecule has 0 aliphatic heterocycles. The molecule has 0 amide bonds. The predicted octanol–water partition coefficient (Wildman–Crippen LogP) is 2.90. The molecule has 1 N–H and O–H groups in total. The van der Waals surface area contributed by atoms with Gasteiger partial charge in [-0.1, -0.05) is 13.3 Å². The molecule has 0 aliphatic rings. The van der Waals surface area contributed by atoms with E-state index in [1.54, 1.807) is 0 Å². The van der Waals surface area contributed by atoms with Gasteiger partial charge in [0, 0.05) is 17.8 Å². The van der Waals surface area contributed by atoms with Gasteiger partial charge in [-0.2, -0.15) is 0 Å². The second-order valence-electron chi connectivity index (χ2n) is 3.56. The molecule has 1 aromatic heterocycles. The maximum atomic E-state index is 5.81. The molecule has 0 spiro atoms. The summed E-state index contributed by atoms with van der Waals surface area (Å²) >= 11 is 5.81. The summed E-state index contributed by atoms with van der Waals surface area (Å²) in [5, 5.41) is 3.53. The summed E-state index contributed by atoms with van der Waals surface area (Å²) in [5.74, 6) is 0.809. The second kappa shape index (κ2) is 5.15. The summed E-state index contributed by atoms with van der Waals surface area (Å²) in [5.41, 5.74) is 0.996. The zero-order valence-electron chi connectivity index (χ0n) is 8.84. The van der Waals surface area contributed by atoms with Gasteiger partial charge in [0.2, 0.25) is 5.28 Å². The molecule has 0 atom stereocenters. The highest BCUT2D eigenvalue weighted by Gasteiger charge is 2.03. The average molecular weight is 214 g/mol. The average Bonchev–Trinajstić information content (AvgIpc) is 2.01. The van der Waals surface area contributed by atoms with E-state index in [0.29, 0.717) is 11.3 Å². The van der Waals surface area contributed by atoms with Crippen LogP contribution in [0.25, 0.3) is 0 Å². The fourth-order valence-corrected chi connectivity index (χ4v) is 1.42. The van der Waals surface area contributed by atoms with Crippen LogP contribution >= 0.6 is 11.6 Å². The minimum absolute atomic E-state index is 0.319. The van der Waals surface area contributed by atoms with Crippen LogP contribution in [0.1, 0.15) is 32.9 Å². The Balaban J connectivity index is 2.83. The Hall–Kier alpha value is -0.830. The maximum Gasteiger partial charge on any atom is 0.224 e. The van der Waals surface area contributed by atoms with Gasteiger partial charge in [0.15, 0.2) is 0 Å². The lowest BCUT2D eigenvalue weighted by molar-refractivity contribution is 0.855. The van der Waals surface area contributed by atoms with Crippen LogP contribution in [-0.2, 0) is 6.42 Å². The molecule has 0 fully saturated rings. The molecule has 1 heterocycles. The lowest BCUT2D eigenvalue weighted by Gasteiger charge is -2.09. The van der Waals surface area contributed by atoms with Crippen molar-refractivity contribution in [3.05, 3.63) is 17.0 Å². The summed E-state index contributed by atoms with van der Waals surface area (Å²) in [6.07, 6.45) is 2.00. The number of aryl methyl sites for hydroxylation is 1. The standard InChI is InChI=1S/C10H16ClN3/c1-4-5-8-6-9(12-7(2)3)14-10(11)13-8/h6-7H,4-5H2,1-3H3,(H,12,13,14). The number of nitrogens with one attached hydrogen (secondary N) is 1. The lowest BCUT2D eigenvalue weighted by Crippen LogP contribution is -2.11. The Morgan fingerprint density at radius 3 is 2.71 bits per heavy atom. The minimum Gasteiger partial charge on any atom is -0.368 e. The van der Waals surface area contributed by atoms with Crippen LogP contribution in [0.15, 0.2) is 6.07 Å². The number of nitrogens with zero attached hydrogens (tertiary/aromatic N) is 2. The van der Waals surface area contributed by atoms with Gasteiger partial charge in [-0.3, -0.25) is 0 Å². The summed E-state index contributed by atoms with van der Waals surface area (Å²) in [6.45, 7) is 6.25. The van der Waals surface area contributed by atoms with Gasteiger partial charge in [-0.15, -0.1) is 0 Å². The van der Waals surface area contributed by atoms with Crippen molar-refractivity contribution >= 4 is 17.4 Å². The Bertz CT molecular complexity index is 299. The van der Waals surface area contributed by atoms with Gasteiger partial charge < -0.3 is 5.32 Å². The third-order valence-electron chi connectivity index (χ3n) is 1.69. The first-order valence-electron chi connectivity index (χ1n) is 4.91. The number of anilines is 1. The van der Waals surface area contributed by atoms with Crippen LogP contribution < -0.4 is 5.32 Å². The summed E-state index contributed by atoms with van der Waals surface area (Å²) in [4.78, 5) is 8.24. The van der Waals surface area contributed by atoms with E-state index in [4.69, 9.17) is 11.6 Å². The summed E-state index contributed by atoms with van der Waals surface area (Å²) in [6, 6.07) is 2.31. The van der Waals surface area contributed by atoms with Crippen LogP contribution in [0.5, 0.6) is 0 Å². The Labute approximate surface area is 89.9 Å². The molecule has 4 heteroatoms. The van der Waals surface area contributed by atoms with E-state index in [2.05, 4.69) is 36.1 Å². The number of aromatic nitrogens is 2. The van der Waals surface area contributed by atoms with Crippen LogP contribution in [0.2, 0.25) is 5.28 Å². The van der Waals surface area contributed by atoms with Crippen LogP contribution in [0.4, 0.5) is 5.82 Å². The zero-order chi connectivity index (χ0) is 10.6. The molecule has 0 aromatic carbocycles. The molecule has 14 heavy (non-hydrogen) atoms. The largest absolute Gasteiger partial charge is 0.368 e. The number of hydrogen-bond acceptors (Lipinski definition) is 3. The first-order valence-corrected chi connectivity index (χ1v) is 5.29.